The van der Waals surface area contributed by atoms with Gasteiger partial charge in [0.05, 0.1) is 25.0 Å². The minimum atomic E-state index is -3.32. The topological polar surface area (TPSA) is 101 Å². The average Bonchev–Trinajstić information content (AvgIpc) is 2.54. The smallest absolute Gasteiger partial charge is 0.213 e. The van der Waals surface area contributed by atoms with Gasteiger partial charge in [-0.25, -0.2) is 13.1 Å². The molecule has 9 heteroatoms. The first kappa shape index (κ1) is 20.1. The molecule has 0 radical (unpaired) electrons. The Morgan fingerprint density at radius 1 is 1.35 bits per heavy atom. The second-order valence-electron chi connectivity index (χ2n) is 5.34. The highest BCUT2D eigenvalue weighted by Gasteiger charge is 2.17. The summed E-state index contributed by atoms with van der Waals surface area (Å²) in [5.74, 6) is 0.587. The van der Waals surface area contributed by atoms with Crippen molar-refractivity contribution in [2.45, 2.75) is 32.3 Å². The molecular weight excluding hydrogens is 320 g/mol. The lowest BCUT2D eigenvalue weighted by Crippen LogP contribution is -2.42. The Bertz CT molecular complexity index is 436. The molecule has 136 valence electrons. The number of aliphatic imine (C=N–C) groups is 1. The van der Waals surface area contributed by atoms with Gasteiger partial charge >= 0.3 is 0 Å². The Hall–Kier alpha value is -0.900. The predicted molar refractivity (Wildman–Crippen MR) is 91.2 cm³/mol. The van der Waals surface area contributed by atoms with Gasteiger partial charge in [-0.2, -0.15) is 0 Å². The van der Waals surface area contributed by atoms with E-state index in [2.05, 4.69) is 20.3 Å². The molecule has 1 fully saturated rings. The van der Waals surface area contributed by atoms with E-state index in [1.807, 2.05) is 6.92 Å². The first-order chi connectivity index (χ1) is 11.1. The Balaban J connectivity index is 2.28. The number of hydrogen-bond donors (Lipinski definition) is 3. The highest BCUT2D eigenvalue weighted by molar-refractivity contribution is 7.89. The molecule has 0 amide bonds. The van der Waals surface area contributed by atoms with Crippen LogP contribution < -0.4 is 15.4 Å². The van der Waals surface area contributed by atoms with Gasteiger partial charge in [0.25, 0.3) is 0 Å². The highest BCUT2D eigenvalue weighted by atomic mass is 32.2. The molecule has 1 aliphatic heterocycles. The number of ether oxygens (including phenoxy) is 2. The molecule has 0 bridgehead atoms. The van der Waals surface area contributed by atoms with E-state index in [1.54, 1.807) is 7.11 Å². The number of hydrogen-bond acceptors (Lipinski definition) is 5. The zero-order chi connectivity index (χ0) is 17.0. The molecule has 1 saturated heterocycles. The van der Waals surface area contributed by atoms with Crippen LogP contribution in [0.5, 0.6) is 0 Å². The van der Waals surface area contributed by atoms with Crippen LogP contribution in [-0.4, -0.2) is 72.7 Å². The van der Waals surface area contributed by atoms with Gasteiger partial charge in [-0.3, -0.25) is 4.99 Å². The van der Waals surface area contributed by atoms with Crippen molar-refractivity contribution in [2.24, 2.45) is 4.99 Å². The Kier molecular flexibility index (Phi) is 10.2. The zero-order valence-electron chi connectivity index (χ0n) is 14.1. The van der Waals surface area contributed by atoms with E-state index in [-0.39, 0.29) is 11.9 Å². The van der Waals surface area contributed by atoms with Gasteiger partial charge in [-0.05, 0) is 26.2 Å². The monoisotopic (exact) mass is 350 g/mol. The number of guanidine groups is 1. The Morgan fingerprint density at radius 2 is 2.17 bits per heavy atom. The number of nitrogens with zero attached hydrogens (tertiary/aromatic N) is 1. The van der Waals surface area contributed by atoms with E-state index >= 15 is 0 Å². The summed E-state index contributed by atoms with van der Waals surface area (Å²) < 4.78 is 37.0. The van der Waals surface area contributed by atoms with Crippen molar-refractivity contribution in [1.29, 1.82) is 0 Å². The van der Waals surface area contributed by atoms with Crippen molar-refractivity contribution in [3.63, 3.8) is 0 Å². The average molecular weight is 350 g/mol. The third kappa shape index (κ3) is 9.75. The summed E-state index contributed by atoms with van der Waals surface area (Å²) in [5.41, 5.74) is 0. The van der Waals surface area contributed by atoms with Crippen LogP contribution in [0.4, 0.5) is 0 Å². The van der Waals surface area contributed by atoms with Crippen LogP contribution in [-0.2, 0) is 19.5 Å². The molecule has 1 aliphatic rings. The van der Waals surface area contributed by atoms with E-state index in [9.17, 15) is 8.42 Å². The third-order valence-corrected chi connectivity index (χ3v) is 4.73. The van der Waals surface area contributed by atoms with E-state index < -0.39 is 10.0 Å². The van der Waals surface area contributed by atoms with Gasteiger partial charge in [0.1, 0.15) is 0 Å². The van der Waals surface area contributed by atoms with E-state index in [4.69, 9.17) is 9.47 Å². The van der Waals surface area contributed by atoms with Crippen molar-refractivity contribution < 1.29 is 17.9 Å². The SMILES string of the molecule is CCNC(=NCCOC)NCCS(=O)(=O)NCC1CCCCO1. The summed E-state index contributed by atoms with van der Waals surface area (Å²) in [6, 6.07) is 0. The molecule has 23 heavy (non-hydrogen) atoms. The predicted octanol–water partition coefficient (Wildman–Crippen LogP) is -0.324. The summed E-state index contributed by atoms with van der Waals surface area (Å²) in [6.07, 6.45) is 3.07. The maximum Gasteiger partial charge on any atom is 0.213 e. The minimum Gasteiger partial charge on any atom is -0.383 e. The first-order valence-electron chi connectivity index (χ1n) is 8.17. The van der Waals surface area contributed by atoms with E-state index in [0.717, 1.165) is 25.9 Å². The van der Waals surface area contributed by atoms with Crippen LogP contribution in [0, 0.1) is 0 Å². The largest absolute Gasteiger partial charge is 0.383 e. The lowest BCUT2D eigenvalue weighted by Gasteiger charge is -2.22. The van der Waals surface area contributed by atoms with Crippen LogP contribution in [0.15, 0.2) is 4.99 Å². The molecule has 0 aromatic rings. The van der Waals surface area contributed by atoms with E-state index in [1.165, 1.54) is 0 Å². The van der Waals surface area contributed by atoms with Crippen LogP contribution >= 0.6 is 0 Å². The van der Waals surface area contributed by atoms with Gasteiger partial charge in [0.15, 0.2) is 5.96 Å². The lowest BCUT2D eigenvalue weighted by molar-refractivity contribution is 0.0200. The van der Waals surface area contributed by atoms with Crippen LogP contribution in [0.3, 0.4) is 0 Å². The Morgan fingerprint density at radius 3 is 2.83 bits per heavy atom. The summed E-state index contributed by atoms with van der Waals surface area (Å²) in [6.45, 7) is 5.08. The molecule has 1 heterocycles. The van der Waals surface area contributed by atoms with Crippen LogP contribution in [0.1, 0.15) is 26.2 Å². The third-order valence-electron chi connectivity index (χ3n) is 3.38. The maximum atomic E-state index is 12.0. The summed E-state index contributed by atoms with van der Waals surface area (Å²) in [7, 11) is -1.70. The van der Waals surface area contributed by atoms with Gasteiger partial charge < -0.3 is 20.1 Å². The van der Waals surface area contributed by atoms with Gasteiger partial charge in [-0.1, -0.05) is 0 Å². The molecule has 0 saturated carbocycles. The highest BCUT2D eigenvalue weighted by Crippen LogP contribution is 2.11. The molecule has 1 atom stereocenters. The first-order valence-corrected chi connectivity index (χ1v) is 9.82. The van der Waals surface area contributed by atoms with Gasteiger partial charge in [0, 0.05) is 33.4 Å². The fraction of sp³-hybridized carbons (Fsp3) is 0.929. The molecule has 0 aromatic carbocycles. The summed E-state index contributed by atoms with van der Waals surface area (Å²) in [4.78, 5) is 4.28. The number of rotatable bonds is 10. The van der Waals surface area contributed by atoms with Crippen molar-refractivity contribution in [1.82, 2.24) is 15.4 Å². The molecule has 0 spiro atoms. The normalized spacial score (nSPS) is 19.6. The quantitative estimate of drug-likeness (QED) is 0.283. The zero-order valence-corrected chi connectivity index (χ0v) is 15.0. The second-order valence-corrected chi connectivity index (χ2v) is 7.26. The second kappa shape index (κ2) is 11.6. The summed E-state index contributed by atoms with van der Waals surface area (Å²) >= 11 is 0. The number of sulfonamides is 1. The van der Waals surface area contributed by atoms with Crippen molar-refractivity contribution in [3.8, 4) is 0 Å². The molecule has 0 aliphatic carbocycles. The molecule has 8 nitrogen and oxygen atoms in total. The molecule has 1 rings (SSSR count). The molecule has 3 N–H and O–H groups in total. The van der Waals surface area contributed by atoms with E-state index in [0.29, 0.717) is 38.7 Å². The maximum absolute atomic E-state index is 12.0. The van der Waals surface area contributed by atoms with Crippen LogP contribution in [0.25, 0.3) is 0 Å². The summed E-state index contributed by atoms with van der Waals surface area (Å²) in [5, 5.41) is 6.07. The molecular formula is C14H30N4O4S. The van der Waals surface area contributed by atoms with Crippen molar-refractivity contribution in [2.75, 3.05) is 52.3 Å². The van der Waals surface area contributed by atoms with Gasteiger partial charge in [0.2, 0.25) is 10.0 Å². The minimum absolute atomic E-state index is 0.000547. The standard InChI is InChI=1S/C14H30N4O4S/c1-3-15-14(16-7-10-21-2)17-8-11-23(19,20)18-12-13-6-4-5-9-22-13/h13,18H,3-12H2,1-2H3,(H2,15,16,17). The number of methoxy groups -OCH3 is 1. The number of nitrogens with one attached hydrogen (secondary N) is 3. The fourth-order valence-electron chi connectivity index (χ4n) is 2.15. The molecule has 1 unspecified atom stereocenters. The van der Waals surface area contributed by atoms with Gasteiger partial charge in [-0.15, -0.1) is 0 Å². The molecule has 0 aromatic heterocycles. The van der Waals surface area contributed by atoms with Crippen LogP contribution in [0.2, 0.25) is 0 Å². The fourth-order valence-corrected chi connectivity index (χ4v) is 3.11. The van der Waals surface area contributed by atoms with Crippen molar-refractivity contribution in [3.05, 3.63) is 0 Å². The van der Waals surface area contributed by atoms with Crippen molar-refractivity contribution >= 4 is 16.0 Å². The lowest BCUT2D eigenvalue weighted by atomic mass is 10.1. The Labute approximate surface area is 139 Å².